The van der Waals surface area contributed by atoms with Crippen LogP contribution in [0, 0.1) is 0 Å². The molecule has 0 spiro atoms. The fourth-order valence-electron chi connectivity index (χ4n) is 1.63. The predicted octanol–water partition coefficient (Wildman–Crippen LogP) is 3.56. The van der Waals surface area contributed by atoms with Gasteiger partial charge in [-0.05, 0) is 43.2 Å². The zero-order valence-corrected chi connectivity index (χ0v) is 12.0. The zero-order chi connectivity index (χ0) is 12.1. The van der Waals surface area contributed by atoms with E-state index in [1.165, 1.54) is 4.90 Å². The molecule has 1 heterocycles. The van der Waals surface area contributed by atoms with Crippen molar-refractivity contribution < 1.29 is 4.74 Å². The van der Waals surface area contributed by atoms with E-state index in [1.807, 2.05) is 12.1 Å². The molecular weight excluding hydrogens is 298 g/mol. The standard InChI is InChI=1S/C13H16BrNOS/c14-10-4-6-11(7-5-10)17-9-12(15)13-3-1-2-8-16-13/h3-7,12H,1-2,8-9,15H2. The van der Waals surface area contributed by atoms with Gasteiger partial charge in [-0.15, -0.1) is 11.8 Å². The van der Waals surface area contributed by atoms with Crippen molar-refractivity contribution in [2.45, 2.75) is 23.8 Å². The van der Waals surface area contributed by atoms with Crippen LogP contribution in [0.2, 0.25) is 0 Å². The first-order chi connectivity index (χ1) is 8.25. The van der Waals surface area contributed by atoms with E-state index in [1.54, 1.807) is 11.8 Å². The molecule has 2 nitrogen and oxygen atoms in total. The first kappa shape index (κ1) is 13.0. The van der Waals surface area contributed by atoms with E-state index >= 15 is 0 Å². The van der Waals surface area contributed by atoms with Crippen LogP contribution < -0.4 is 5.73 Å². The van der Waals surface area contributed by atoms with Gasteiger partial charge in [0.15, 0.2) is 0 Å². The molecule has 17 heavy (non-hydrogen) atoms. The number of allylic oxidation sites excluding steroid dienone is 1. The van der Waals surface area contributed by atoms with E-state index in [-0.39, 0.29) is 6.04 Å². The highest BCUT2D eigenvalue weighted by molar-refractivity contribution is 9.10. The van der Waals surface area contributed by atoms with Crippen LogP contribution in [0.15, 0.2) is 45.5 Å². The molecule has 0 amide bonds. The molecule has 0 bridgehead atoms. The van der Waals surface area contributed by atoms with Crippen LogP contribution in [0.5, 0.6) is 0 Å². The molecule has 1 aromatic rings. The monoisotopic (exact) mass is 313 g/mol. The van der Waals surface area contributed by atoms with Crippen molar-refractivity contribution in [3.8, 4) is 0 Å². The summed E-state index contributed by atoms with van der Waals surface area (Å²) in [7, 11) is 0. The number of hydrogen-bond donors (Lipinski definition) is 1. The van der Waals surface area contributed by atoms with Gasteiger partial charge in [-0.1, -0.05) is 15.9 Å². The van der Waals surface area contributed by atoms with Crippen LogP contribution in [-0.2, 0) is 4.74 Å². The predicted molar refractivity (Wildman–Crippen MR) is 76.1 cm³/mol. The molecule has 1 aliphatic heterocycles. The molecule has 4 heteroatoms. The van der Waals surface area contributed by atoms with Gasteiger partial charge < -0.3 is 10.5 Å². The number of ether oxygens (including phenoxy) is 1. The highest BCUT2D eigenvalue weighted by atomic mass is 79.9. The third-order valence-corrected chi connectivity index (χ3v) is 4.23. The lowest BCUT2D eigenvalue weighted by Crippen LogP contribution is -2.28. The molecule has 0 saturated heterocycles. The average molecular weight is 314 g/mol. The second kappa shape index (κ2) is 6.47. The molecule has 1 atom stereocenters. The maximum Gasteiger partial charge on any atom is 0.110 e. The molecule has 1 aliphatic rings. The highest BCUT2D eigenvalue weighted by Crippen LogP contribution is 2.23. The topological polar surface area (TPSA) is 35.2 Å². The molecule has 0 radical (unpaired) electrons. The number of thioether (sulfide) groups is 1. The van der Waals surface area contributed by atoms with Gasteiger partial charge in [0.05, 0.1) is 12.6 Å². The number of halogens is 1. The van der Waals surface area contributed by atoms with Gasteiger partial charge >= 0.3 is 0 Å². The van der Waals surface area contributed by atoms with Crippen molar-refractivity contribution >= 4 is 27.7 Å². The van der Waals surface area contributed by atoms with Gasteiger partial charge in [-0.25, -0.2) is 0 Å². The minimum absolute atomic E-state index is 0.00365. The quantitative estimate of drug-likeness (QED) is 0.863. The highest BCUT2D eigenvalue weighted by Gasteiger charge is 2.13. The van der Waals surface area contributed by atoms with E-state index in [4.69, 9.17) is 10.5 Å². The van der Waals surface area contributed by atoms with Gasteiger partial charge in [-0.2, -0.15) is 0 Å². The molecule has 2 rings (SSSR count). The Bertz CT molecular complexity index is 391. The van der Waals surface area contributed by atoms with Crippen LogP contribution in [0.3, 0.4) is 0 Å². The number of benzene rings is 1. The Morgan fingerprint density at radius 2 is 2.12 bits per heavy atom. The summed E-state index contributed by atoms with van der Waals surface area (Å²) in [5, 5.41) is 0. The minimum Gasteiger partial charge on any atom is -0.497 e. The molecule has 0 aliphatic carbocycles. The van der Waals surface area contributed by atoms with Crippen LogP contribution in [-0.4, -0.2) is 18.4 Å². The van der Waals surface area contributed by atoms with Crippen molar-refractivity contribution in [3.05, 3.63) is 40.6 Å². The smallest absolute Gasteiger partial charge is 0.110 e. The zero-order valence-electron chi connectivity index (χ0n) is 9.56. The molecular formula is C13H16BrNOS. The maximum atomic E-state index is 6.10. The maximum absolute atomic E-state index is 6.10. The van der Waals surface area contributed by atoms with Gasteiger partial charge in [0, 0.05) is 15.1 Å². The second-order valence-corrected chi connectivity index (χ2v) is 5.98. The van der Waals surface area contributed by atoms with Crippen molar-refractivity contribution in [1.29, 1.82) is 0 Å². The number of hydrogen-bond acceptors (Lipinski definition) is 3. The summed E-state index contributed by atoms with van der Waals surface area (Å²) in [5.74, 6) is 1.81. The Labute approximate surface area is 115 Å². The van der Waals surface area contributed by atoms with E-state index in [2.05, 4.69) is 34.1 Å². The average Bonchev–Trinajstić information content (AvgIpc) is 2.39. The first-order valence-electron chi connectivity index (χ1n) is 5.72. The lowest BCUT2D eigenvalue weighted by Gasteiger charge is -2.20. The fraction of sp³-hybridized carbons (Fsp3) is 0.385. The fourth-order valence-corrected chi connectivity index (χ4v) is 2.76. The molecule has 1 unspecified atom stereocenters. The Balaban J connectivity index is 1.85. The summed E-state index contributed by atoms with van der Waals surface area (Å²) in [4.78, 5) is 1.24. The lowest BCUT2D eigenvalue weighted by molar-refractivity contribution is 0.179. The van der Waals surface area contributed by atoms with E-state index in [0.29, 0.717) is 0 Å². The number of nitrogens with two attached hydrogens (primary N) is 1. The third-order valence-electron chi connectivity index (χ3n) is 2.57. The second-order valence-electron chi connectivity index (χ2n) is 3.97. The summed E-state index contributed by atoms with van der Waals surface area (Å²) >= 11 is 5.19. The Kier molecular flexibility index (Phi) is 4.95. The summed E-state index contributed by atoms with van der Waals surface area (Å²) in [6, 6.07) is 8.29. The van der Waals surface area contributed by atoms with Gasteiger partial charge in [0.2, 0.25) is 0 Å². The van der Waals surface area contributed by atoms with Crippen LogP contribution in [0.1, 0.15) is 12.8 Å². The van der Waals surface area contributed by atoms with Crippen LogP contribution in [0.4, 0.5) is 0 Å². The number of rotatable bonds is 4. The van der Waals surface area contributed by atoms with Crippen molar-refractivity contribution in [3.63, 3.8) is 0 Å². The SMILES string of the molecule is NC(CSc1ccc(Br)cc1)C1=CCCCO1. The summed E-state index contributed by atoms with van der Waals surface area (Å²) in [6.45, 7) is 0.808. The van der Waals surface area contributed by atoms with Gasteiger partial charge in [0.1, 0.15) is 5.76 Å². The Morgan fingerprint density at radius 1 is 1.35 bits per heavy atom. The lowest BCUT2D eigenvalue weighted by atomic mass is 10.2. The van der Waals surface area contributed by atoms with E-state index in [0.717, 1.165) is 35.4 Å². The third kappa shape index (κ3) is 4.05. The minimum atomic E-state index is 0.00365. The normalized spacial score (nSPS) is 17.2. The molecule has 92 valence electrons. The first-order valence-corrected chi connectivity index (χ1v) is 7.50. The largest absolute Gasteiger partial charge is 0.497 e. The van der Waals surface area contributed by atoms with Crippen LogP contribution >= 0.6 is 27.7 Å². The van der Waals surface area contributed by atoms with Gasteiger partial charge in [-0.3, -0.25) is 0 Å². The molecule has 1 aromatic carbocycles. The summed E-state index contributed by atoms with van der Waals surface area (Å²) in [5.41, 5.74) is 6.10. The van der Waals surface area contributed by atoms with Crippen molar-refractivity contribution in [2.24, 2.45) is 5.73 Å². The van der Waals surface area contributed by atoms with Crippen molar-refractivity contribution in [2.75, 3.05) is 12.4 Å². The molecule has 0 fully saturated rings. The molecule has 0 aromatic heterocycles. The van der Waals surface area contributed by atoms with Crippen LogP contribution in [0.25, 0.3) is 0 Å². The summed E-state index contributed by atoms with van der Waals surface area (Å²) < 4.78 is 6.66. The summed E-state index contributed by atoms with van der Waals surface area (Å²) in [6.07, 6.45) is 4.32. The van der Waals surface area contributed by atoms with E-state index in [9.17, 15) is 0 Å². The molecule has 0 saturated carbocycles. The van der Waals surface area contributed by atoms with Gasteiger partial charge in [0.25, 0.3) is 0 Å². The van der Waals surface area contributed by atoms with Crippen molar-refractivity contribution in [1.82, 2.24) is 0 Å². The van der Waals surface area contributed by atoms with E-state index < -0.39 is 0 Å². The molecule has 2 N–H and O–H groups in total. The Morgan fingerprint density at radius 3 is 2.76 bits per heavy atom. The Hall–Kier alpha value is -0.450.